The van der Waals surface area contributed by atoms with E-state index in [0.717, 1.165) is 12.1 Å². The molecule has 39 heavy (non-hydrogen) atoms. The minimum atomic E-state index is -2.15. The van der Waals surface area contributed by atoms with Crippen molar-refractivity contribution < 1.29 is 21.7 Å². The Morgan fingerprint density at radius 3 is 1.26 bits per heavy atom. The molecule has 3 heteroatoms. The van der Waals surface area contributed by atoms with E-state index in [1.54, 1.807) is 0 Å². The molecule has 202 valence electrons. The van der Waals surface area contributed by atoms with Crippen LogP contribution < -0.4 is 15.9 Å². The predicted molar refractivity (Wildman–Crippen MR) is 172 cm³/mol. The van der Waals surface area contributed by atoms with Crippen molar-refractivity contribution in [1.82, 2.24) is 0 Å². The molecule has 0 amide bonds. The summed E-state index contributed by atoms with van der Waals surface area (Å²) in [7, 11) is -2.15. The van der Waals surface area contributed by atoms with Crippen molar-refractivity contribution in [3.63, 3.8) is 0 Å². The molecule has 0 atom stereocenters. The average Bonchev–Trinajstić information content (AvgIpc) is 3.40. The normalized spacial score (nSPS) is 13.0. The first-order valence-corrected chi connectivity index (χ1v) is 15.5. The average molecular weight is 570 g/mol. The van der Waals surface area contributed by atoms with Crippen molar-refractivity contribution >= 4 is 23.0 Å². The Kier molecular flexibility index (Phi) is 13.4. The molecule has 0 bridgehead atoms. The largest absolute Gasteiger partial charge is 0.258 e. The van der Waals surface area contributed by atoms with Gasteiger partial charge in [-0.1, -0.05) is 154 Å². The standard InChI is InChI=1S/C26H26NP.C10H18.Ti/c1-20-8-14-24(15-9-20)28(27-23-6-4-5-7-23,25-16-10-21(2)11-17-25)26-18-12-22(3)13-19-26;1-9(2)7-5-6-8-10(3)4;/h4-6,8-19H,7H2,1-3H3;5-10H,1-4H3;. The van der Waals surface area contributed by atoms with Crippen LogP contribution in [0.5, 0.6) is 0 Å². The molecule has 4 rings (SSSR count). The number of hydrogen-bond donors (Lipinski definition) is 0. The van der Waals surface area contributed by atoms with E-state index in [2.05, 4.69) is 164 Å². The van der Waals surface area contributed by atoms with E-state index in [1.165, 1.54) is 32.6 Å². The molecule has 0 N–H and O–H groups in total. The Labute approximate surface area is 252 Å². The van der Waals surface area contributed by atoms with Crippen LogP contribution in [-0.4, -0.2) is 0 Å². The van der Waals surface area contributed by atoms with Gasteiger partial charge in [-0.3, -0.25) is 4.74 Å². The van der Waals surface area contributed by atoms with Crippen LogP contribution in [0.25, 0.3) is 0 Å². The molecule has 3 aromatic carbocycles. The maximum absolute atomic E-state index is 5.52. The summed E-state index contributed by atoms with van der Waals surface area (Å²) in [5.41, 5.74) is 4.99. The van der Waals surface area contributed by atoms with Crippen LogP contribution in [0, 0.1) is 32.6 Å². The number of hydrogen-bond acceptors (Lipinski definition) is 1. The third kappa shape index (κ3) is 9.61. The number of nitrogens with zero attached hydrogens (tertiary/aromatic N) is 1. The summed E-state index contributed by atoms with van der Waals surface area (Å²) in [5, 5.41) is 3.91. The summed E-state index contributed by atoms with van der Waals surface area (Å²) in [5.74, 6) is 1.33. The van der Waals surface area contributed by atoms with Crippen molar-refractivity contribution in [2.45, 2.75) is 54.9 Å². The summed E-state index contributed by atoms with van der Waals surface area (Å²) < 4.78 is 5.52. The molecule has 0 spiro atoms. The molecule has 1 aliphatic carbocycles. The van der Waals surface area contributed by atoms with Gasteiger partial charge in [-0.05, 0) is 38.7 Å². The fourth-order valence-electron chi connectivity index (χ4n) is 4.18. The van der Waals surface area contributed by atoms with E-state index in [-0.39, 0.29) is 21.7 Å². The van der Waals surface area contributed by atoms with Crippen LogP contribution in [0.2, 0.25) is 0 Å². The topological polar surface area (TPSA) is 12.4 Å². The summed E-state index contributed by atoms with van der Waals surface area (Å²) in [6.07, 6.45) is 16.0. The Balaban J connectivity index is 0.000000417. The fourth-order valence-corrected chi connectivity index (χ4v) is 7.69. The minimum Gasteiger partial charge on any atom is -0.258 e. The van der Waals surface area contributed by atoms with Gasteiger partial charge in [0, 0.05) is 49.7 Å². The molecule has 1 aliphatic rings. The molecule has 0 saturated carbocycles. The molecule has 0 aliphatic heterocycles. The van der Waals surface area contributed by atoms with Crippen LogP contribution in [0.15, 0.2) is 126 Å². The monoisotopic (exact) mass is 569 g/mol. The van der Waals surface area contributed by atoms with Gasteiger partial charge in [0.2, 0.25) is 0 Å². The second-order valence-electron chi connectivity index (χ2n) is 10.8. The van der Waals surface area contributed by atoms with E-state index in [1.807, 2.05) is 0 Å². The minimum absolute atomic E-state index is 0. The Hall–Kier alpha value is -2.44. The zero-order valence-electron chi connectivity index (χ0n) is 24.7. The summed E-state index contributed by atoms with van der Waals surface area (Å²) in [4.78, 5) is 0. The molecule has 0 radical (unpaired) electrons. The first-order valence-electron chi connectivity index (χ1n) is 13.8. The van der Waals surface area contributed by atoms with Gasteiger partial charge in [-0.15, -0.1) is 0 Å². The third-order valence-electron chi connectivity index (χ3n) is 6.36. The summed E-state index contributed by atoms with van der Waals surface area (Å²) >= 11 is 0. The second kappa shape index (κ2) is 16.0. The Morgan fingerprint density at radius 2 is 0.974 bits per heavy atom. The zero-order chi connectivity index (χ0) is 27.5. The van der Waals surface area contributed by atoms with Crippen molar-refractivity contribution in [2.24, 2.45) is 16.6 Å². The molecule has 0 unspecified atom stereocenters. The van der Waals surface area contributed by atoms with Gasteiger partial charge < -0.3 is 0 Å². The first-order chi connectivity index (χ1) is 18.2. The van der Waals surface area contributed by atoms with E-state index in [9.17, 15) is 0 Å². The van der Waals surface area contributed by atoms with Crippen LogP contribution in [0.3, 0.4) is 0 Å². The molecule has 1 nitrogen and oxygen atoms in total. The van der Waals surface area contributed by atoms with Gasteiger partial charge in [-0.25, -0.2) is 0 Å². The number of aryl methyl sites for hydroxylation is 3. The number of benzene rings is 3. The first kappa shape index (κ1) is 32.8. The smallest absolute Gasteiger partial charge is 0.0608 e. The van der Waals surface area contributed by atoms with Crippen molar-refractivity contribution in [3.05, 3.63) is 138 Å². The van der Waals surface area contributed by atoms with Crippen molar-refractivity contribution in [2.75, 3.05) is 0 Å². The molecular weight excluding hydrogens is 525 g/mol. The Bertz CT molecular complexity index is 1200. The van der Waals surface area contributed by atoms with Gasteiger partial charge in [0.15, 0.2) is 0 Å². The maximum atomic E-state index is 5.52. The van der Waals surface area contributed by atoms with Gasteiger partial charge in [0.1, 0.15) is 0 Å². The SMILES string of the molecule is CC(C)C=CC=CC(C)C.Cc1ccc(P(=NC2=CC=CC2)(c2ccc(C)cc2)c2ccc(C)cc2)cc1.[Ti]. The summed E-state index contributed by atoms with van der Waals surface area (Å²) in [6, 6.07) is 26.9. The van der Waals surface area contributed by atoms with E-state index in [4.69, 9.17) is 4.74 Å². The van der Waals surface area contributed by atoms with Crippen LogP contribution in [0.1, 0.15) is 50.8 Å². The number of allylic oxidation sites excluding steroid dienone is 7. The fraction of sp³-hybridized carbons (Fsp3) is 0.278. The molecule has 0 saturated heterocycles. The van der Waals surface area contributed by atoms with Crippen LogP contribution in [-0.2, 0) is 21.7 Å². The Morgan fingerprint density at radius 1 is 0.615 bits per heavy atom. The van der Waals surface area contributed by atoms with Crippen molar-refractivity contribution in [1.29, 1.82) is 0 Å². The number of rotatable bonds is 7. The molecule has 0 fully saturated rings. The van der Waals surface area contributed by atoms with Gasteiger partial charge >= 0.3 is 0 Å². The van der Waals surface area contributed by atoms with E-state index in [0.29, 0.717) is 11.8 Å². The van der Waals surface area contributed by atoms with E-state index < -0.39 is 7.05 Å². The predicted octanol–water partition coefficient (Wildman–Crippen LogP) is 9.34. The third-order valence-corrected chi connectivity index (χ3v) is 10.0. The quantitative estimate of drug-likeness (QED) is 0.153. The maximum Gasteiger partial charge on any atom is 0.0608 e. The van der Waals surface area contributed by atoms with Crippen LogP contribution in [0.4, 0.5) is 0 Å². The molecule has 3 aromatic rings. The van der Waals surface area contributed by atoms with E-state index >= 15 is 0 Å². The zero-order valence-corrected chi connectivity index (χ0v) is 27.2. The molecule has 0 heterocycles. The molecular formula is C36H44NPTi. The van der Waals surface area contributed by atoms with Crippen LogP contribution >= 0.6 is 7.05 Å². The van der Waals surface area contributed by atoms with Gasteiger partial charge in [0.25, 0.3) is 0 Å². The van der Waals surface area contributed by atoms with Gasteiger partial charge in [0.05, 0.1) is 7.05 Å². The molecule has 0 aromatic heterocycles. The van der Waals surface area contributed by atoms with Gasteiger partial charge in [-0.2, -0.15) is 0 Å². The van der Waals surface area contributed by atoms with Crippen molar-refractivity contribution in [3.8, 4) is 0 Å². The summed E-state index contributed by atoms with van der Waals surface area (Å²) in [6.45, 7) is 15.1. The second-order valence-corrected chi connectivity index (χ2v) is 13.8.